The number of hydrogen-bond acceptors (Lipinski definition) is 5. The molecule has 0 atom stereocenters. The molecule has 1 aliphatic heterocycles. The van der Waals surface area contributed by atoms with Crippen LogP contribution in [0.4, 0.5) is 5.82 Å². The third kappa shape index (κ3) is 3.32. The van der Waals surface area contributed by atoms with Crippen molar-refractivity contribution in [3.05, 3.63) is 45.8 Å². The monoisotopic (exact) mass is 392 g/mol. The Labute approximate surface area is 170 Å². The van der Waals surface area contributed by atoms with Crippen LogP contribution in [0.3, 0.4) is 0 Å². The Hall–Kier alpha value is -2.70. The average Bonchev–Trinajstić information content (AvgIpc) is 3.03. The molecule has 0 aromatic carbocycles. The van der Waals surface area contributed by atoms with Crippen molar-refractivity contribution < 1.29 is 0 Å². The second kappa shape index (κ2) is 7.28. The lowest BCUT2D eigenvalue weighted by Crippen LogP contribution is -2.38. The minimum Gasteiger partial charge on any atom is -0.355 e. The maximum absolute atomic E-state index is 12.5. The maximum atomic E-state index is 12.5. The fraction of sp³-hybridized carbons (Fsp3) is 0.545. The van der Waals surface area contributed by atoms with Gasteiger partial charge >= 0.3 is 0 Å². The number of fused-ring (bicyclic) bond motifs is 2. The molecule has 152 valence electrons. The molecular formula is C22H28N6O. The lowest BCUT2D eigenvalue weighted by atomic mass is 9.96. The van der Waals surface area contributed by atoms with E-state index in [9.17, 15) is 4.79 Å². The Balaban J connectivity index is 1.31. The average molecular weight is 393 g/mol. The predicted molar refractivity (Wildman–Crippen MR) is 113 cm³/mol. The van der Waals surface area contributed by atoms with Gasteiger partial charge in [-0.1, -0.05) is 0 Å². The first-order valence-electron chi connectivity index (χ1n) is 10.7. The number of aryl methyl sites for hydroxylation is 4. The van der Waals surface area contributed by atoms with Gasteiger partial charge in [-0.15, -0.1) is 0 Å². The number of aromatic nitrogens is 5. The number of hydrogen-bond donors (Lipinski definition) is 0. The number of piperidine rings is 1. The van der Waals surface area contributed by atoms with Gasteiger partial charge in [0.15, 0.2) is 5.82 Å². The minimum atomic E-state index is 0.0601. The third-order valence-electron chi connectivity index (χ3n) is 6.66. The first-order chi connectivity index (χ1) is 14.1. The van der Waals surface area contributed by atoms with Crippen molar-refractivity contribution in [2.24, 2.45) is 13.0 Å². The fourth-order valence-corrected chi connectivity index (χ4v) is 4.82. The quantitative estimate of drug-likeness (QED) is 0.685. The van der Waals surface area contributed by atoms with E-state index in [1.165, 1.54) is 18.5 Å². The van der Waals surface area contributed by atoms with Crippen LogP contribution in [0, 0.1) is 12.8 Å². The summed E-state index contributed by atoms with van der Waals surface area (Å²) in [7, 11) is 2.07. The van der Waals surface area contributed by atoms with Crippen LogP contribution in [-0.4, -0.2) is 37.4 Å². The van der Waals surface area contributed by atoms with Gasteiger partial charge in [-0.2, -0.15) is 5.10 Å². The predicted octanol–water partition coefficient (Wildman–Crippen LogP) is 2.63. The lowest BCUT2D eigenvalue weighted by Gasteiger charge is -2.33. The molecule has 1 fully saturated rings. The first kappa shape index (κ1) is 18.3. The zero-order chi connectivity index (χ0) is 20.0. The first-order valence-corrected chi connectivity index (χ1v) is 10.7. The van der Waals surface area contributed by atoms with Gasteiger partial charge in [0, 0.05) is 38.4 Å². The second-order valence-corrected chi connectivity index (χ2v) is 8.55. The van der Waals surface area contributed by atoms with Crippen molar-refractivity contribution in [2.45, 2.75) is 52.0 Å². The summed E-state index contributed by atoms with van der Waals surface area (Å²) in [5, 5.41) is 4.71. The molecule has 3 aromatic heterocycles. The topological polar surface area (TPSA) is 68.8 Å². The zero-order valence-electron chi connectivity index (χ0n) is 17.3. The Morgan fingerprint density at radius 2 is 1.90 bits per heavy atom. The lowest BCUT2D eigenvalue weighted by molar-refractivity contribution is 0.331. The molecule has 0 amide bonds. The third-order valence-corrected chi connectivity index (χ3v) is 6.66. The summed E-state index contributed by atoms with van der Waals surface area (Å²) in [5.74, 6) is 1.50. The van der Waals surface area contributed by atoms with Gasteiger partial charge in [0.05, 0.1) is 11.2 Å². The van der Waals surface area contributed by atoms with Crippen LogP contribution in [0.1, 0.15) is 42.6 Å². The van der Waals surface area contributed by atoms with Crippen molar-refractivity contribution >= 4 is 16.9 Å². The molecule has 0 bridgehead atoms. The summed E-state index contributed by atoms with van der Waals surface area (Å²) in [6.07, 6.45) is 8.12. The summed E-state index contributed by atoms with van der Waals surface area (Å²) in [6.45, 7) is 4.71. The summed E-state index contributed by atoms with van der Waals surface area (Å²) in [5.41, 5.74) is 5.66. The van der Waals surface area contributed by atoms with Crippen LogP contribution < -0.4 is 10.5 Å². The van der Waals surface area contributed by atoms with Gasteiger partial charge < -0.3 is 9.47 Å². The van der Waals surface area contributed by atoms with Crippen LogP contribution in [0.15, 0.2) is 23.3 Å². The molecule has 5 rings (SSSR count). The van der Waals surface area contributed by atoms with Crippen molar-refractivity contribution in [3.8, 4) is 0 Å². The van der Waals surface area contributed by atoms with Crippen molar-refractivity contribution in [2.75, 3.05) is 18.0 Å². The molecule has 7 heteroatoms. The highest BCUT2D eigenvalue weighted by molar-refractivity contribution is 5.87. The molecule has 3 aromatic rings. The van der Waals surface area contributed by atoms with Crippen LogP contribution in [0.25, 0.3) is 11.0 Å². The van der Waals surface area contributed by atoms with Crippen molar-refractivity contribution in [1.29, 1.82) is 0 Å². The standard InChI is InChI=1S/C22H28N6O/c1-15-11-19-21(26(15)2)22(24-14-23-19)27-9-7-16(8-10-27)13-28-20(29)12-17-5-3-4-6-18(17)25-28/h11-12,14,16H,3-10,13H2,1-2H3. The van der Waals surface area contributed by atoms with Crippen molar-refractivity contribution in [3.63, 3.8) is 0 Å². The van der Waals surface area contributed by atoms with Gasteiger partial charge in [0.1, 0.15) is 11.8 Å². The number of nitrogens with zero attached hydrogens (tertiary/aromatic N) is 6. The van der Waals surface area contributed by atoms with Crippen LogP contribution in [0.5, 0.6) is 0 Å². The van der Waals surface area contributed by atoms with Gasteiger partial charge in [-0.05, 0) is 63.0 Å². The van der Waals surface area contributed by atoms with E-state index in [1.807, 2.05) is 6.07 Å². The van der Waals surface area contributed by atoms with Gasteiger partial charge in [-0.3, -0.25) is 4.79 Å². The number of rotatable bonds is 3. The van der Waals surface area contributed by atoms with E-state index in [2.05, 4.69) is 39.5 Å². The Bertz CT molecular complexity index is 1110. The summed E-state index contributed by atoms with van der Waals surface area (Å²) in [4.78, 5) is 23.9. The SMILES string of the molecule is Cc1cc2ncnc(N3CCC(Cn4nc5c(cc4=O)CCCC5)CC3)c2n1C. The van der Waals surface area contributed by atoms with E-state index in [1.54, 1.807) is 11.0 Å². The van der Waals surface area contributed by atoms with Gasteiger partial charge in [-0.25, -0.2) is 14.6 Å². The highest BCUT2D eigenvalue weighted by Crippen LogP contribution is 2.29. The molecule has 7 nitrogen and oxygen atoms in total. The molecule has 0 saturated carbocycles. The van der Waals surface area contributed by atoms with Crippen LogP contribution in [0.2, 0.25) is 0 Å². The number of anilines is 1. The molecule has 2 aliphatic rings. The Kier molecular flexibility index (Phi) is 4.60. The fourth-order valence-electron chi connectivity index (χ4n) is 4.82. The van der Waals surface area contributed by atoms with E-state index in [4.69, 9.17) is 5.10 Å². The summed E-state index contributed by atoms with van der Waals surface area (Å²) in [6, 6.07) is 3.94. The molecule has 0 spiro atoms. The Morgan fingerprint density at radius 1 is 1.10 bits per heavy atom. The molecule has 0 radical (unpaired) electrons. The summed E-state index contributed by atoms with van der Waals surface area (Å²) >= 11 is 0. The summed E-state index contributed by atoms with van der Waals surface area (Å²) < 4.78 is 3.89. The van der Waals surface area contributed by atoms with Crippen LogP contribution in [-0.2, 0) is 26.4 Å². The molecule has 4 heterocycles. The van der Waals surface area contributed by atoms with Crippen LogP contribution >= 0.6 is 0 Å². The van der Waals surface area contributed by atoms with E-state index in [0.717, 1.165) is 73.4 Å². The minimum absolute atomic E-state index is 0.0601. The molecule has 1 saturated heterocycles. The highest BCUT2D eigenvalue weighted by atomic mass is 16.1. The van der Waals surface area contributed by atoms with E-state index < -0.39 is 0 Å². The largest absolute Gasteiger partial charge is 0.355 e. The molecule has 0 unspecified atom stereocenters. The molecular weight excluding hydrogens is 364 g/mol. The maximum Gasteiger partial charge on any atom is 0.267 e. The van der Waals surface area contributed by atoms with Gasteiger partial charge in [0.25, 0.3) is 5.56 Å². The van der Waals surface area contributed by atoms with Gasteiger partial charge in [0.2, 0.25) is 0 Å². The molecule has 29 heavy (non-hydrogen) atoms. The zero-order valence-corrected chi connectivity index (χ0v) is 17.3. The van der Waals surface area contributed by atoms with E-state index in [0.29, 0.717) is 5.92 Å². The highest BCUT2D eigenvalue weighted by Gasteiger charge is 2.24. The second-order valence-electron chi connectivity index (χ2n) is 8.55. The molecule has 0 N–H and O–H groups in total. The molecule has 1 aliphatic carbocycles. The smallest absolute Gasteiger partial charge is 0.267 e. The Morgan fingerprint density at radius 3 is 2.72 bits per heavy atom. The van der Waals surface area contributed by atoms with E-state index >= 15 is 0 Å². The normalized spacial score (nSPS) is 17.7. The van der Waals surface area contributed by atoms with Crippen molar-refractivity contribution in [1.82, 2.24) is 24.3 Å². The van der Waals surface area contributed by atoms with E-state index in [-0.39, 0.29) is 5.56 Å².